The van der Waals surface area contributed by atoms with Crippen molar-refractivity contribution in [1.82, 2.24) is 19.6 Å². The Kier molecular flexibility index (Phi) is 6.07. The first-order valence-corrected chi connectivity index (χ1v) is 10.0. The van der Waals surface area contributed by atoms with E-state index in [0.717, 1.165) is 18.2 Å². The van der Waals surface area contributed by atoms with Crippen LogP contribution in [-0.2, 0) is 9.59 Å². The third kappa shape index (κ3) is 4.22. The molecule has 152 valence electrons. The molecule has 1 N–H and O–H groups in total. The smallest absolute Gasteiger partial charge is 0.338 e. The number of likely N-dealkylation sites (tertiary alicyclic amines) is 1. The van der Waals surface area contributed by atoms with Crippen molar-refractivity contribution in [3.8, 4) is 0 Å². The molecule has 0 unspecified atom stereocenters. The van der Waals surface area contributed by atoms with Crippen LogP contribution in [0.3, 0.4) is 0 Å². The lowest BCUT2D eigenvalue weighted by molar-refractivity contribution is -0.154. The molecule has 9 heteroatoms. The van der Waals surface area contributed by atoms with E-state index in [1.807, 2.05) is 26.8 Å². The van der Waals surface area contributed by atoms with Crippen molar-refractivity contribution >= 4 is 40.3 Å². The highest BCUT2D eigenvalue weighted by molar-refractivity contribution is 6.27. The number of hydrogen-bond acceptors (Lipinski definition) is 6. The average molecular weight is 408 g/mol. The SMILES string of the molecule is CCC(C)(C)C(=O)On1ccc2c(NC3CCN(C(=O)CCl)CC3)ncnc21. The van der Waals surface area contributed by atoms with Gasteiger partial charge in [-0.25, -0.2) is 14.8 Å². The number of amides is 1. The van der Waals surface area contributed by atoms with Gasteiger partial charge in [0, 0.05) is 25.3 Å². The molecule has 0 bridgehead atoms. The molecule has 3 heterocycles. The van der Waals surface area contributed by atoms with Crippen molar-refractivity contribution < 1.29 is 14.4 Å². The van der Waals surface area contributed by atoms with Crippen molar-refractivity contribution in [3.63, 3.8) is 0 Å². The van der Waals surface area contributed by atoms with E-state index in [1.54, 1.807) is 11.1 Å². The molecule has 1 amide bonds. The van der Waals surface area contributed by atoms with Crippen molar-refractivity contribution in [2.24, 2.45) is 5.41 Å². The molecule has 2 aromatic heterocycles. The summed E-state index contributed by atoms with van der Waals surface area (Å²) in [4.78, 5) is 40.0. The number of nitrogens with one attached hydrogen (secondary N) is 1. The zero-order valence-corrected chi connectivity index (χ0v) is 17.2. The Morgan fingerprint density at radius 3 is 2.68 bits per heavy atom. The molecule has 1 fully saturated rings. The molecule has 2 aromatic rings. The van der Waals surface area contributed by atoms with Crippen LogP contribution in [0.2, 0.25) is 0 Å². The summed E-state index contributed by atoms with van der Waals surface area (Å²) in [5.41, 5.74) is -0.0356. The van der Waals surface area contributed by atoms with Gasteiger partial charge in [-0.2, -0.15) is 4.73 Å². The van der Waals surface area contributed by atoms with E-state index in [9.17, 15) is 9.59 Å². The Balaban J connectivity index is 1.71. The van der Waals surface area contributed by atoms with Gasteiger partial charge in [0.2, 0.25) is 5.91 Å². The fourth-order valence-electron chi connectivity index (χ4n) is 3.03. The van der Waals surface area contributed by atoms with Gasteiger partial charge in [0.15, 0.2) is 5.65 Å². The van der Waals surface area contributed by atoms with Gasteiger partial charge < -0.3 is 15.1 Å². The highest BCUT2D eigenvalue weighted by atomic mass is 35.5. The van der Waals surface area contributed by atoms with Crippen molar-refractivity contribution in [3.05, 3.63) is 18.6 Å². The van der Waals surface area contributed by atoms with E-state index >= 15 is 0 Å². The Bertz CT molecular complexity index is 858. The van der Waals surface area contributed by atoms with Crippen LogP contribution < -0.4 is 10.2 Å². The lowest BCUT2D eigenvalue weighted by Crippen LogP contribution is -2.43. The van der Waals surface area contributed by atoms with E-state index < -0.39 is 5.41 Å². The van der Waals surface area contributed by atoms with Crippen LogP contribution in [0, 0.1) is 5.41 Å². The zero-order valence-electron chi connectivity index (χ0n) is 16.4. The second-order valence-electron chi connectivity index (χ2n) is 7.65. The number of halogens is 1. The molecule has 0 saturated carbocycles. The van der Waals surface area contributed by atoms with Crippen LogP contribution in [0.1, 0.15) is 40.0 Å². The molecule has 28 heavy (non-hydrogen) atoms. The summed E-state index contributed by atoms with van der Waals surface area (Å²) in [5.74, 6) is 0.373. The molecule has 3 rings (SSSR count). The number of piperidine rings is 1. The van der Waals surface area contributed by atoms with Crippen LogP contribution in [0.4, 0.5) is 5.82 Å². The predicted octanol–water partition coefficient (Wildman–Crippen LogP) is 2.46. The molecule has 1 saturated heterocycles. The van der Waals surface area contributed by atoms with Crippen molar-refractivity contribution in [2.45, 2.75) is 46.1 Å². The van der Waals surface area contributed by atoms with Gasteiger partial charge in [0.05, 0.1) is 10.8 Å². The number of carbonyl (C=O) groups is 2. The summed E-state index contributed by atoms with van der Waals surface area (Å²) >= 11 is 5.63. The van der Waals surface area contributed by atoms with Crippen LogP contribution >= 0.6 is 11.6 Å². The van der Waals surface area contributed by atoms with Crippen molar-refractivity contribution in [1.29, 1.82) is 0 Å². The summed E-state index contributed by atoms with van der Waals surface area (Å²) in [6, 6.07) is 2.03. The number of rotatable bonds is 6. The average Bonchev–Trinajstić information content (AvgIpc) is 3.11. The summed E-state index contributed by atoms with van der Waals surface area (Å²) in [7, 11) is 0. The van der Waals surface area contributed by atoms with Crippen LogP contribution in [0.15, 0.2) is 18.6 Å². The third-order valence-electron chi connectivity index (χ3n) is 5.37. The minimum absolute atomic E-state index is 0.0195. The number of alkyl halides is 1. The molecule has 0 aliphatic carbocycles. The number of carbonyl (C=O) groups excluding carboxylic acids is 2. The standard InChI is InChI=1S/C19H26ClN5O3/c1-4-19(2,3)18(27)28-25-10-7-14-16(21-12-22-17(14)25)23-13-5-8-24(9-6-13)15(26)11-20/h7,10,12-13H,4-6,8-9,11H2,1-3H3,(H,21,22,23). The fourth-order valence-corrected chi connectivity index (χ4v) is 3.19. The largest absolute Gasteiger partial charge is 0.367 e. The number of aromatic nitrogens is 3. The maximum absolute atomic E-state index is 12.4. The fraction of sp³-hybridized carbons (Fsp3) is 0.579. The molecule has 0 radical (unpaired) electrons. The summed E-state index contributed by atoms with van der Waals surface area (Å²) < 4.78 is 1.39. The van der Waals surface area contributed by atoms with Gasteiger partial charge in [0.25, 0.3) is 0 Å². The minimum Gasteiger partial charge on any atom is -0.367 e. The van der Waals surface area contributed by atoms with Crippen molar-refractivity contribution in [2.75, 3.05) is 24.3 Å². The third-order valence-corrected chi connectivity index (χ3v) is 5.60. The van der Waals surface area contributed by atoms with Gasteiger partial charge in [-0.15, -0.1) is 11.6 Å². The van der Waals surface area contributed by atoms with Gasteiger partial charge >= 0.3 is 5.97 Å². The van der Waals surface area contributed by atoms with Gasteiger partial charge in [-0.1, -0.05) is 6.92 Å². The normalized spacial score (nSPS) is 15.6. The van der Waals surface area contributed by atoms with E-state index in [1.165, 1.54) is 11.1 Å². The number of fused-ring (bicyclic) bond motifs is 1. The number of hydrogen-bond donors (Lipinski definition) is 1. The topological polar surface area (TPSA) is 89.4 Å². The maximum atomic E-state index is 12.4. The van der Waals surface area contributed by atoms with Gasteiger partial charge in [0.1, 0.15) is 18.0 Å². The van der Waals surface area contributed by atoms with E-state index in [2.05, 4.69) is 15.3 Å². The number of nitrogens with zero attached hydrogens (tertiary/aromatic N) is 4. The number of anilines is 1. The quantitative estimate of drug-likeness (QED) is 0.740. The van der Waals surface area contributed by atoms with E-state index in [4.69, 9.17) is 16.4 Å². The van der Waals surface area contributed by atoms with E-state index in [-0.39, 0.29) is 23.8 Å². The molecule has 0 spiro atoms. The van der Waals surface area contributed by atoms with Gasteiger partial charge in [-0.05, 0) is 39.2 Å². The molecular formula is C19H26ClN5O3. The minimum atomic E-state index is -0.570. The Labute approximate surface area is 169 Å². The Hall–Kier alpha value is -2.35. The predicted molar refractivity (Wildman–Crippen MR) is 107 cm³/mol. The lowest BCUT2D eigenvalue weighted by Gasteiger charge is -2.32. The zero-order chi connectivity index (χ0) is 20.3. The molecule has 0 aromatic carbocycles. The van der Waals surface area contributed by atoms with Crippen LogP contribution in [-0.4, -0.2) is 56.5 Å². The molecule has 1 aliphatic heterocycles. The van der Waals surface area contributed by atoms with E-state index in [0.29, 0.717) is 31.0 Å². The highest BCUT2D eigenvalue weighted by Gasteiger charge is 2.29. The van der Waals surface area contributed by atoms with Gasteiger partial charge in [-0.3, -0.25) is 4.79 Å². The van der Waals surface area contributed by atoms with Crippen LogP contribution in [0.5, 0.6) is 0 Å². The highest BCUT2D eigenvalue weighted by Crippen LogP contribution is 2.25. The molecular weight excluding hydrogens is 382 g/mol. The molecule has 0 atom stereocenters. The second-order valence-corrected chi connectivity index (χ2v) is 7.92. The summed E-state index contributed by atoms with van der Waals surface area (Å²) in [6.45, 7) is 6.99. The molecule has 1 aliphatic rings. The Morgan fingerprint density at radius 2 is 2.04 bits per heavy atom. The second kappa shape index (κ2) is 8.34. The summed E-state index contributed by atoms with van der Waals surface area (Å²) in [6.07, 6.45) is 5.43. The Morgan fingerprint density at radius 1 is 1.32 bits per heavy atom. The first-order chi connectivity index (χ1) is 13.4. The summed E-state index contributed by atoms with van der Waals surface area (Å²) in [5, 5.41) is 4.21. The first-order valence-electron chi connectivity index (χ1n) is 9.51. The molecule has 8 nitrogen and oxygen atoms in total. The lowest BCUT2D eigenvalue weighted by atomic mass is 9.91. The maximum Gasteiger partial charge on any atom is 0.338 e. The van der Waals surface area contributed by atoms with Crippen LogP contribution in [0.25, 0.3) is 11.0 Å². The monoisotopic (exact) mass is 407 g/mol. The first kappa shape index (κ1) is 20.4.